The Morgan fingerprint density at radius 1 is 0.917 bits per heavy atom. The van der Waals surface area contributed by atoms with Crippen LogP contribution in [0.4, 0.5) is 11.4 Å². The third-order valence-corrected chi connectivity index (χ3v) is 3.28. The number of nitrogens with zero attached hydrogens (tertiary/aromatic N) is 3. The van der Waals surface area contributed by atoms with Gasteiger partial charge in [0.25, 0.3) is 11.4 Å². The quantitative estimate of drug-likeness (QED) is 0.496. The van der Waals surface area contributed by atoms with Crippen LogP contribution < -0.4 is 5.43 Å². The van der Waals surface area contributed by atoms with Crippen LogP contribution in [0.5, 0.6) is 0 Å². The highest BCUT2D eigenvalue weighted by molar-refractivity contribution is 5.98. The standard InChI is InChI=1S/C16H14N4O4/c1-11(13-3-7-15(8-4-13)19(21)22)17-18-12(2)14-5-9-16(10-6-14)20(23)24/h3-10,17H,1H2,2H3/b18-12+. The van der Waals surface area contributed by atoms with E-state index in [-0.39, 0.29) is 11.4 Å². The first-order valence-corrected chi connectivity index (χ1v) is 6.87. The molecular weight excluding hydrogens is 312 g/mol. The van der Waals surface area contributed by atoms with E-state index < -0.39 is 9.85 Å². The molecule has 24 heavy (non-hydrogen) atoms. The molecule has 0 aliphatic rings. The third-order valence-electron chi connectivity index (χ3n) is 3.28. The maximum atomic E-state index is 10.6. The van der Waals surface area contributed by atoms with Gasteiger partial charge in [-0.1, -0.05) is 6.58 Å². The largest absolute Gasteiger partial charge is 0.278 e. The number of hydrogen-bond acceptors (Lipinski definition) is 6. The van der Waals surface area contributed by atoms with Gasteiger partial charge in [0.1, 0.15) is 0 Å². The minimum Gasteiger partial charge on any atom is -0.278 e. The molecule has 0 saturated heterocycles. The molecule has 0 spiro atoms. The van der Waals surface area contributed by atoms with Crippen LogP contribution in [0.3, 0.4) is 0 Å². The Hall–Kier alpha value is -3.55. The summed E-state index contributed by atoms with van der Waals surface area (Å²) in [6, 6.07) is 11.9. The average Bonchev–Trinajstić information content (AvgIpc) is 2.59. The van der Waals surface area contributed by atoms with Gasteiger partial charge in [-0.25, -0.2) is 0 Å². The number of nitro groups is 2. The predicted molar refractivity (Wildman–Crippen MR) is 90.6 cm³/mol. The Morgan fingerprint density at radius 2 is 1.33 bits per heavy atom. The first kappa shape index (κ1) is 16.8. The summed E-state index contributed by atoms with van der Waals surface area (Å²) in [5.41, 5.74) is 5.27. The predicted octanol–water partition coefficient (Wildman–Crippen LogP) is 3.49. The molecule has 2 aromatic rings. The number of nitrogens with one attached hydrogen (secondary N) is 1. The van der Waals surface area contributed by atoms with E-state index in [1.807, 2.05) is 0 Å². The van der Waals surface area contributed by atoms with Crippen molar-refractivity contribution in [1.82, 2.24) is 5.43 Å². The Kier molecular flexibility index (Phi) is 5.00. The van der Waals surface area contributed by atoms with E-state index in [9.17, 15) is 20.2 Å². The van der Waals surface area contributed by atoms with Gasteiger partial charge in [-0.3, -0.25) is 25.7 Å². The first-order valence-electron chi connectivity index (χ1n) is 6.87. The molecule has 1 N–H and O–H groups in total. The highest BCUT2D eigenvalue weighted by atomic mass is 16.6. The molecule has 0 amide bonds. The van der Waals surface area contributed by atoms with E-state index in [1.165, 1.54) is 24.3 Å². The normalized spacial score (nSPS) is 11.0. The average molecular weight is 326 g/mol. The van der Waals surface area contributed by atoms with Gasteiger partial charge in [0.05, 0.1) is 21.3 Å². The smallest absolute Gasteiger partial charge is 0.269 e. The number of hydrogen-bond donors (Lipinski definition) is 1. The van der Waals surface area contributed by atoms with Crippen molar-refractivity contribution in [1.29, 1.82) is 0 Å². The lowest BCUT2D eigenvalue weighted by Gasteiger charge is -2.07. The summed E-state index contributed by atoms with van der Waals surface area (Å²) in [6.07, 6.45) is 0. The van der Waals surface area contributed by atoms with Crippen molar-refractivity contribution < 1.29 is 9.85 Å². The van der Waals surface area contributed by atoms with E-state index in [0.717, 1.165) is 5.56 Å². The summed E-state index contributed by atoms with van der Waals surface area (Å²) in [6.45, 7) is 5.57. The molecule has 8 nitrogen and oxygen atoms in total. The first-order chi connectivity index (χ1) is 11.4. The molecule has 0 heterocycles. The lowest BCUT2D eigenvalue weighted by Crippen LogP contribution is -2.08. The molecule has 0 unspecified atom stereocenters. The molecule has 0 atom stereocenters. The molecule has 0 aliphatic heterocycles. The van der Waals surface area contributed by atoms with Gasteiger partial charge in [-0.15, -0.1) is 0 Å². The monoisotopic (exact) mass is 326 g/mol. The molecular formula is C16H14N4O4. The van der Waals surface area contributed by atoms with Crippen LogP contribution in [-0.4, -0.2) is 15.6 Å². The second-order valence-corrected chi connectivity index (χ2v) is 4.90. The highest BCUT2D eigenvalue weighted by Crippen LogP contribution is 2.16. The molecule has 0 aliphatic carbocycles. The van der Waals surface area contributed by atoms with Crippen molar-refractivity contribution in [2.75, 3.05) is 0 Å². The number of rotatable bonds is 6. The molecule has 0 fully saturated rings. The van der Waals surface area contributed by atoms with Crippen LogP contribution in [0, 0.1) is 20.2 Å². The molecule has 0 bridgehead atoms. The molecule has 122 valence electrons. The summed E-state index contributed by atoms with van der Waals surface area (Å²) in [5.74, 6) is 0. The minimum atomic E-state index is -0.475. The lowest BCUT2D eigenvalue weighted by molar-refractivity contribution is -0.385. The van der Waals surface area contributed by atoms with Crippen molar-refractivity contribution in [3.8, 4) is 0 Å². The zero-order valence-corrected chi connectivity index (χ0v) is 12.8. The Labute approximate surface area is 137 Å². The summed E-state index contributed by atoms with van der Waals surface area (Å²) in [4.78, 5) is 20.3. The highest BCUT2D eigenvalue weighted by Gasteiger charge is 2.07. The fourth-order valence-electron chi connectivity index (χ4n) is 1.89. The SMILES string of the molecule is C=C(N/N=C(\C)c1ccc([N+](=O)[O-])cc1)c1ccc([N+](=O)[O-])cc1. The fourth-order valence-corrected chi connectivity index (χ4v) is 1.89. The van der Waals surface area contributed by atoms with Crippen molar-refractivity contribution >= 4 is 22.8 Å². The van der Waals surface area contributed by atoms with Crippen molar-refractivity contribution in [3.63, 3.8) is 0 Å². The second kappa shape index (κ2) is 7.14. The summed E-state index contributed by atoms with van der Waals surface area (Å²) < 4.78 is 0. The van der Waals surface area contributed by atoms with Gasteiger partial charge < -0.3 is 0 Å². The van der Waals surface area contributed by atoms with Gasteiger partial charge in [-0.2, -0.15) is 5.10 Å². The zero-order valence-electron chi connectivity index (χ0n) is 12.8. The lowest BCUT2D eigenvalue weighted by atomic mass is 10.1. The van der Waals surface area contributed by atoms with Crippen LogP contribution >= 0.6 is 0 Å². The van der Waals surface area contributed by atoms with Gasteiger partial charge in [0.15, 0.2) is 0 Å². The number of nitro benzene ring substituents is 2. The molecule has 2 rings (SSSR count). The molecule has 0 saturated carbocycles. The van der Waals surface area contributed by atoms with Crippen LogP contribution in [0.25, 0.3) is 5.70 Å². The molecule has 0 radical (unpaired) electrons. The Bertz CT molecular complexity index is 811. The number of benzene rings is 2. The van der Waals surface area contributed by atoms with E-state index in [4.69, 9.17) is 0 Å². The number of hydrazone groups is 1. The molecule has 2 aromatic carbocycles. The fraction of sp³-hybridized carbons (Fsp3) is 0.0625. The minimum absolute atomic E-state index is 0.00267. The maximum Gasteiger partial charge on any atom is 0.269 e. The van der Waals surface area contributed by atoms with Gasteiger partial charge >= 0.3 is 0 Å². The summed E-state index contributed by atoms with van der Waals surface area (Å²) in [5, 5.41) is 25.4. The van der Waals surface area contributed by atoms with Crippen LogP contribution in [0.15, 0.2) is 60.2 Å². The van der Waals surface area contributed by atoms with Gasteiger partial charge in [0, 0.05) is 24.3 Å². The second-order valence-electron chi connectivity index (χ2n) is 4.90. The maximum absolute atomic E-state index is 10.6. The van der Waals surface area contributed by atoms with E-state index in [2.05, 4.69) is 17.1 Å². The third kappa shape index (κ3) is 4.01. The Morgan fingerprint density at radius 3 is 1.75 bits per heavy atom. The van der Waals surface area contributed by atoms with E-state index >= 15 is 0 Å². The molecule has 0 aromatic heterocycles. The zero-order chi connectivity index (χ0) is 17.7. The van der Waals surface area contributed by atoms with Crippen molar-refractivity contribution in [2.24, 2.45) is 5.10 Å². The van der Waals surface area contributed by atoms with Gasteiger partial charge in [0.2, 0.25) is 0 Å². The van der Waals surface area contributed by atoms with Crippen LogP contribution in [0.1, 0.15) is 18.1 Å². The van der Waals surface area contributed by atoms with Crippen LogP contribution in [0.2, 0.25) is 0 Å². The topological polar surface area (TPSA) is 111 Å². The summed E-state index contributed by atoms with van der Waals surface area (Å²) >= 11 is 0. The van der Waals surface area contributed by atoms with Crippen LogP contribution in [-0.2, 0) is 0 Å². The van der Waals surface area contributed by atoms with Crippen molar-refractivity contribution in [3.05, 3.63) is 86.5 Å². The number of non-ortho nitro benzene ring substituents is 2. The Balaban J connectivity index is 2.06. The van der Waals surface area contributed by atoms with E-state index in [0.29, 0.717) is 17.0 Å². The molecule has 8 heteroatoms. The van der Waals surface area contributed by atoms with E-state index in [1.54, 1.807) is 31.2 Å². The van der Waals surface area contributed by atoms with Crippen molar-refractivity contribution in [2.45, 2.75) is 6.92 Å². The van der Waals surface area contributed by atoms with Gasteiger partial charge in [-0.05, 0) is 42.3 Å². The summed E-state index contributed by atoms with van der Waals surface area (Å²) in [7, 11) is 0.